The van der Waals surface area contributed by atoms with E-state index >= 15 is 0 Å². The monoisotopic (exact) mass is 387 g/mol. The van der Waals surface area contributed by atoms with Crippen LogP contribution in [0.5, 0.6) is 0 Å². The van der Waals surface area contributed by atoms with Gasteiger partial charge in [-0.2, -0.15) is 0 Å². The summed E-state index contributed by atoms with van der Waals surface area (Å²) in [5.41, 5.74) is 1.76. The molecular weight excluding hydrogens is 370 g/mol. The summed E-state index contributed by atoms with van der Waals surface area (Å²) in [7, 11) is 0. The number of benzene rings is 2. The van der Waals surface area contributed by atoms with E-state index in [9.17, 15) is 9.59 Å². The Morgan fingerprint density at radius 1 is 1.15 bits per heavy atom. The van der Waals surface area contributed by atoms with E-state index in [0.717, 1.165) is 20.8 Å². The predicted molar refractivity (Wildman–Crippen MR) is 104 cm³/mol. The molecule has 2 N–H and O–H groups in total. The highest BCUT2D eigenvalue weighted by Crippen LogP contribution is 2.22. The van der Waals surface area contributed by atoms with E-state index < -0.39 is 6.04 Å². The van der Waals surface area contributed by atoms with Gasteiger partial charge in [0.25, 0.3) is 0 Å². The number of nitrogens with one attached hydrogen (secondary N) is 2. The van der Waals surface area contributed by atoms with Crippen LogP contribution in [0.3, 0.4) is 0 Å². The van der Waals surface area contributed by atoms with Gasteiger partial charge in [-0.05, 0) is 29.8 Å². The minimum atomic E-state index is -0.403. The normalized spacial score (nSPS) is 11.9. The van der Waals surface area contributed by atoms with Crippen LogP contribution in [0.25, 0.3) is 10.2 Å². The summed E-state index contributed by atoms with van der Waals surface area (Å²) in [4.78, 5) is 28.3. The fourth-order valence-electron chi connectivity index (χ4n) is 2.62. The smallest absolute Gasteiger partial charge is 0.222 e. The van der Waals surface area contributed by atoms with Crippen LogP contribution in [-0.4, -0.2) is 16.8 Å². The van der Waals surface area contributed by atoms with Gasteiger partial charge < -0.3 is 10.6 Å². The fraction of sp³-hybridized carbons (Fsp3) is 0.211. The van der Waals surface area contributed by atoms with E-state index in [1.54, 1.807) is 23.5 Å². The molecule has 1 atom stereocenters. The highest BCUT2D eigenvalue weighted by atomic mass is 35.5. The number of hydrogen-bond donors (Lipinski definition) is 2. The molecule has 1 aromatic heterocycles. The summed E-state index contributed by atoms with van der Waals surface area (Å²) in [6.45, 7) is 1.80. The molecule has 0 aliphatic rings. The van der Waals surface area contributed by atoms with Crippen molar-refractivity contribution in [3.05, 3.63) is 64.1 Å². The Labute approximate surface area is 160 Å². The van der Waals surface area contributed by atoms with Gasteiger partial charge in [-0.25, -0.2) is 4.98 Å². The molecule has 0 aliphatic heterocycles. The maximum Gasteiger partial charge on any atom is 0.222 e. The Kier molecular flexibility index (Phi) is 5.85. The minimum Gasteiger partial charge on any atom is -0.350 e. The van der Waals surface area contributed by atoms with Crippen molar-refractivity contribution in [2.75, 3.05) is 0 Å². The molecule has 3 aromatic rings. The van der Waals surface area contributed by atoms with E-state index in [0.29, 0.717) is 11.6 Å². The van der Waals surface area contributed by atoms with Gasteiger partial charge in [0.2, 0.25) is 11.8 Å². The van der Waals surface area contributed by atoms with Crippen molar-refractivity contribution in [3.8, 4) is 0 Å². The van der Waals surface area contributed by atoms with Gasteiger partial charge in [-0.3, -0.25) is 9.59 Å². The number of rotatable bonds is 6. The van der Waals surface area contributed by atoms with Crippen LogP contribution in [-0.2, 0) is 16.1 Å². The number of carbonyl (C=O) groups excluding carboxylic acids is 2. The van der Waals surface area contributed by atoms with Gasteiger partial charge in [-0.1, -0.05) is 35.9 Å². The molecule has 3 rings (SSSR count). The maximum absolute atomic E-state index is 12.4. The topological polar surface area (TPSA) is 71.1 Å². The lowest BCUT2D eigenvalue weighted by Gasteiger charge is -2.18. The summed E-state index contributed by atoms with van der Waals surface area (Å²) in [6, 6.07) is 14.6. The third-order valence-corrected chi connectivity index (χ3v) is 5.10. The number of para-hydroxylation sites is 1. The second-order valence-corrected chi connectivity index (χ2v) is 7.41. The summed E-state index contributed by atoms with van der Waals surface area (Å²) < 4.78 is 1.09. The standard InChI is InChI=1S/C19H18ClN3O2S/c1-12(24)22-16(13-6-8-14(20)9-7-13)10-18(25)21-11-19-23-15-4-2-3-5-17(15)26-19/h2-9,16H,10-11H2,1H3,(H,21,25)(H,22,24). The van der Waals surface area contributed by atoms with Gasteiger partial charge in [0.05, 0.1) is 29.2 Å². The van der Waals surface area contributed by atoms with Crippen LogP contribution in [0.4, 0.5) is 0 Å². The summed E-state index contributed by atoms with van der Waals surface area (Å²) >= 11 is 7.46. The quantitative estimate of drug-likeness (QED) is 0.675. The van der Waals surface area contributed by atoms with Crippen molar-refractivity contribution in [2.24, 2.45) is 0 Å². The lowest BCUT2D eigenvalue weighted by atomic mass is 10.0. The molecule has 5 nitrogen and oxygen atoms in total. The predicted octanol–water partition coefficient (Wildman–Crippen LogP) is 3.83. The molecule has 1 unspecified atom stereocenters. The third-order valence-electron chi connectivity index (χ3n) is 3.81. The van der Waals surface area contributed by atoms with Gasteiger partial charge >= 0.3 is 0 Å². The van der Waals surface area contributed by atoms with Crippen molar-refractivity contribution in [3.63, 3.8) is 0 Å². The summed E-state index contributed by atoms with van der Waals surface area (Å²) in [6.07, 6.45) is 0.145. The number of nitrogens with zero attached hydrogens (tertiary/aromatic N) is 1. The van der Waals surface area contributed by atoms with Crippen LogP contribution in [0.15, 0.2) is 48.5 Å². The zero-order valence-corrected chi connectivity index (χ0v) is 15.7. The Balaban J connectivity index is 1.63. The zero-order valence-electron chi connectivity index (χ0n) is 14.2. The lowest BCUT2D eigenvalue weighted by Crippen LogP contribution is -2.32. The zero-order chi connectivity index (χ0) is 18.5. The van der Waals surface area contributed by atoms with Gasteiger partial charge in [-0.15, -0.1) is 11.3 Å². The third kappa shape index (κ3) is 4.80. The largest absolute Gasteiger partial charge is 0.350 e. The van der Waals surface area contributed by atoms with E-state index in [1.807, 2.05) is 36.4 Å². The van der Waals surface area contributed by atoms with Crippen molar-refractivity contribution in [2.45, 2.75) is 25.9 Å². The molecule has 2 aromatic carbocycles. The maximum atomic E-state index is 12.4. The first-order valence-electron chi connectivity index (χ1n) is 8.15. The first kappa shape index (κ1) is 18.4. The minimum absolute atomic E-state index is 0.145. The lowest BCUT2D eigenvalue weighted by molar-refractivity contribution is -0.122. The van der Waals surface area contributed by atoms with Gasteiger partial charge in [0, 0.05) is 11.9 Å². The molecule has 0 fully saturated rings. The van der Waals surface area contributed by atoms with Crippen molar-refractivity contribution in [1.82, 2.24) is 15.6 Å². The van der Waals surface area contributed by atoms with Gasteiger partial charge in [0.1, 0.15) is 5.01 Å². The molecule has 134 valence electrons. The average Bonchev–Trinajstić information content (AvgIpc) is 3.03. The Bertz CT molecular complexity index is 891. The average molecular weight is 388 g/mol. The molecule has 1 heterocycles. The molecular formula is C19H18ClN3O2S. The van der Waals surface area contributed by atoms with E-state index in [2.05, 4.69) is 15.6 Å². The van der Waals surface area contributed by atoms with Crippen LogP contribution < -0.4 is 10.6 Å². The Morgan fingerprint density at radius 2 is 1.88 bits per heavy atom. The molecule has 26 heavy (non-hydrogen) atoms. The first-order chi connectivity index (χ1) is 12.5. The number of halogens is 1. The summed E-state index contributed by atoms with van der Waals surface area (Å²) in [5.74, 6) is -0.345. The number of fused-ring (bicyclic) bond motifs is 1. The summed E-state index contributed by atoms with van der Waals surface area (Å²) in [5, 5.41) is 7.14. The van der Waals surface area contributed by atoms with Crippen molar-refractivity contribution in [1.29, 1.82) is 0 Å². The van der Waals surface area contributed by atoms with Gasteiger partial charge in [0.15, 0.2) is 0 Å². The molecule has 7 heteroatoms. The molecule has 2 amide bonds. The van der Waals surface area contributed by atoms with E-state index in [1.165, 1.54) is 6.92 Å². The van der Waals surface area contributed by atoms with E-state index in [4.69, 9.17) is 11.6 Å². The van der Waals surface area contributed by atoms with Crippen LogP contribution in [0.1, 0.15) is 30.0 Å². The fourth-order valence-corrected chi connectivity index (χ4v) is 3.65. The number of thiazole rings is 1. The highest BCUT2D eigenvalue weighted by Gasteiger charge is 2.17. The molecule has 0 saturated carbocycles. The second kappa shape index (κ2) is 8.29. The first-order valence-corrected chi connectivity index (χ1v) is 9.34. The van der Waals surface area contributed by atoms with E-state index in [-0.39, 0.29) is 18.2 Å². The Morgan fingerprint density at radius 3 is 2.58 bits per heavy atom. The SMILES string of the molecule is CC(=O)NC(CC(=O)NCc1nc2ccccc2s1)c1ccc(Cl)cc1. The number of aromatic nitrogens is 1. The molecule has 0 aliphatic carbocycles. The highest BCUT2D eigenvalue weighted by molar-refractivity contribution is 7.18. The van der Waals surface area contributed by atoms with Crippen LogP contribution in [0.2, 0.25) is 5.02 Å². The van der Waals surface area contributed by atoms with Crippen LogP contribution >= 0.6 is 22.9 Å². The van der Waals surface area contributed by atoms with Crippen LogP contribution in [0, 0.1) is 0 Å². The van der Waals surface area contributed by atoms with Crippen molar-refractivity contribution >= 4 is 45.0 Å². The molecule has 0 spiro atoms. The number of carbonyl (C=O) groups is 2. The number of hydrogen-bond acceptors (Lipinski definition) is 4. The number of amides is 2. The molecule has 0 saturated heterocycles. The Hall–Kier alpha value is -2.44. The molecule has 0 radical (unpaired) electrons. The van der Waals surface area contributed by atoms with Crippen molar-refractivity contribution < 1.29 is 9.59 Å². The second-order valence-electron chi connectivity index (χ2n) is 5.86. The molecule has 0 bridgehead atoms.